The molecule has 1 fully saturated rings. The molecule has 7 heteroatoms. The van der Waals surface area contributed by atoms with E-state index >= 15 is 0 Å². The number of aryl methyl sites for hydroxylation is 1. The van der Waals surface area contributed by atoms with Crippen LogP contribution in [-0.4, -0.2) is 33.5 Å². The number of hydrogen-bond acceptors (Lipinski definition) is 4. The fraction of sp³-hybridized carbons (Fsp3) is 0.375. The van der Waals surface area contributed by atoms with Gasteiger partial charge in [-0.05, 0) is 61.1 Å². The van der Waals surface area contributed by atoms with Crippen molar-refractivity contribution in [2.24, 2.45) is 5.92 Å². The molecule has 0 aliphatic carbocycles. The molecular formula is C24H31N3O3S. The summed E-state index contributed by atoms with van der Waals surface area (Å²) in [5.41, 5.74) is 3.57. The molecule has 6 nitrogen and oxygen atoms in total. The Morgan fingerprint density at radius 2 is 1.74 bits per heavy atom. The maximum atomic E-state index is 12.9. The van der Waals surface area contributed by atoms with E-state index in [-0.39, 0.29) is 11.8 Å². The highest BCUT2D eigenvalue weighted by atomic mass is 32.2. The van der Waals surface area contributed by atoms with E-state index < -0.39 is 16.1 Å². The highest BCUT2D eigenvalue weighted by molar-refractivity contribution is 7.92. The Labute approximate surface area is 185 Å². The van der Waals surface area contributed by atoms with E-state index in [1.54, 1.807) is 0 Å². The van der Waals surface area contributed by atoms with Crippen LogP contribution in [0.15, 0.2) is 53.9 Å². The Morgan fingerprint density at radius 3 is 2.35 bits per heavy atom. The highest BCUT2D eigenvalue weighted by Gasteiger charge is 2.27. The number of nitrogens with one attached hydrogen (secondary N) is 2. The van der Waals surface area contributed by atoms with Gasteiger partial charge in [0.1, 0.15) is 6.04 Å². The molecule has 166 valence electrons. The van der Waals surface area contributed by atoms with Crippen molar-refractivity contribution in [3.8, 4) is 0 Å². The molecule has 2 aromatic carbocycles. The Kier molecular flexibility index (Phi) is 7.51. The average molecular weight is 442 g/mol. The number of amides is 1. The molecule has 1 heterocycles. The minimum Gasteiger partial charge on any atom is -0.372 e. The molecule has 0 radical (unpaired) electrons. The van der Waals surface area contributed by atoms with E-state index in [1.165, 1.54) is 18.9 Å². The minimum absolute atomic E-state index is 0.218. The van der Waals surface area contributed by atoms with E-state index in [9.17, 15) is 13.2 Å². The molecule has 1 amide bonds. The van der Waals surface area contributed by atoms with Gasteiger partial charge in [0.05, 0.1) is 0 Å². The van der Waals surface area contributed by atoms with Crippen molar-refractivity contribution in [2.75, 3.05) is 23.3 Å². The fourth-order valence-corrected chi connectivity index (χ4v) is 4.76. The van der Waals surface area contributed by atoms with Crippen molar-refractivity contribution in [3.05, 3.63) is 65.1 Å². The number of anilines is 2. The van der Waals surface area contributed by atoms with Crippen molar-refractivity contribution >= 4 is 33.4 Å². The Bertz CT molecular complexity index is 1030. The van der Waals surface area contributed by atoms with Crippen molar-refractivity contribution in [1.29, 1.82) is 0 Å². The third-order valence-electron chi connectivity index (χ3n) is 5.42. The SMILES string of the molecule is Cc1cc(N2CCCC2)ccc1NC(=O)C(NS(=O)(=O)C=Cc1ccccc1)C(C)C. The van der Waals surface area contributed by atoms with Crippen LogP contribution in [-0.2, 0) is 14.8 Å². The highest BCUT2D eigenvalue weighted by Crippen LogP contribution is 2.26. The lowest BCUT2D eigenvalue weighted by Gasteiger charge is -2.22. The number of hydrogen-bond donors (Lipinski definition) is 2. The van der Waals surface area contributed by atoms with Gasteiger partial charge in [0.2, 0.25) is 15.9 Å². The summed E-state index contributed by atoms with van der Waals surface area (Å²) >= 11 is 0. The van der Waals surface area contributed by atoms with Crippen LogP contribution in [0.4, 0.5) is 11.4 Å². The molecule has 0 saturated carbocycles. The summed E-state index contributed by atoms with van der Waals surface area (Å²) in [6, 6.07) is 14.2. The number of rotatable bonds is 8. The van der Waals surface area contributed by atoms with E-state index in [0.717, 1.165) is 35.3 Å². The van der Waals surface area contributed by atoms with Crippen LogP contribution in [0.3, 0.4) is 0 Å². The van der Waals surface area contributed by atoms with E-state index in [4.69, 9.17) is 0 Å². The van der Waals surface area contributed by atoms with Crippen LogP contribution in [0.1, 0.15) is 37.8 Å². The zero-order valence-corrected chi connectivity index (χ0v) is 19.2. The summed E-state index contributed by atoms with van der Waals surface area (Å²) in [6.07, 6.45) is 3.91. The number of nitrogens with zero attached hydrogens (tertiary/aromatic N) is 1. The summed E-state index contributed by atoms with van der Waals surface area (Å²) in [5, 5.41) is 4.00. The molecule has 0 spiro atoms. The normalized spacial score (nSPS) is 15.5. The summed E-state index contributed by atoms with van der Waals surface area (Å²) < 4.78 is 27.6. The van der Waals surface area contributed by atoms with E-state index in [0.29, 0.717) is 5.69 Å². The summed E-state index contributed by atoms with van der Waals surface area (Å²) in [6.45, 7) is 7.69. The van der Waals surface area contributed by atoms with Gasteiger partial charge in [0.15, 0.2) is 0 Å². The zero-order chi connectivity index (χ0) is 22.4. The second-order valence-electron chi connectivity index (χ2n) is 8.28. The standard InChI is InChI=1S/C24H31N3O3S/c1-18(2)23(26-31(29,30)16-13-20-9-5-4-6-10-20)24(28)25-22-12-11-21(17-19(22)3)27-14-7-8-15-27/h4-6,9-13,16-18,23,26H,7-8,14-15H2,1-3H3,(H,25,28). The molecule has 0 bridgehead atoms. The van der Waals surface area contributed by atoms with Crippen molar-refractivity contribution < 1.29 is 13.2 Å². The van der Waals surface area contributed by atoms with Crippen LogP contribution in [0, 0.1) is 12.8 Å². The zero-order valence-electron chi connectivity index (χ0n) is 18.3. The summed E-state index contributed by atoms with van der Waals surface area (Å²) in [7, 11) is -3.79. The first-order valence-electron chi connectivity index (χ1n) is 10.7. The second kappa shape index (κ2) is 10.1. The molecule has 3 rings (SSSR count). The molecule has 1 aliphatic heterocycles. The molecule has 1 atom stereocenters. The number of carbonyl (C=O) groups excluding carboxylic acids is 1. The molecule has 1 saturated heterocycles. The van der Waals surface area contributed by atoms with E-state index in [2.05, 4.69) is 21.0 Å². The van der Waals surface area contributed by atoms with Gasteiger partial charge in [-0.2, -0.15) is 4.72 Å². The van der Waals surface area contributed by atoms with Gasteiger partial charge in [-0.1, -0.05) is 44.2 Å². The fourth-order valence-electron chi connectivity index (χ4n) is 3.61. The second-order valence-corrected chi connectivity index (χ2v) is 9.88. The molecule has 2 N–H and O–H groups in total. The largest absolute Gasteiger partial charge is 0.372 e. The number of carbonyl (C=O) groups is 1. The van der Waals surface area contributed by atoms with Crippen LogP contribution in [0.25, 0.3) is 6.08 Å². The molecule has 31 heavy (non-hydrogen) atoms. The number of benzene rings is 2. The lowest BCUT2D eigenvalue weighted by atomic mass is 10.0. The van der Waals surface area contributed by atoms with E-state index in [1.807, 2.05) is 63.2 Å². The third-order valence-corrected chi connectivity index (χ3v) is 6.50. The number of sulfonamides is 1. The maximum absolute atomic E-state index is 12.9. The monoisotopic (exact) mass is 441 g/mol. The first-order chi connectivity index (χ1) is 14.7. The van der Waals surface area contributed by atoms with Crippen LogP contribution >= 0.6 is 0 Å². The van der Waals surface area contributed by atoms with Gasteiger partial charge in [0, 0.05) is 29.9 Å². The Hall–Kier alpha value is -2.64. The maximum Gasteiger partial charge on any atom is 0.242 e. The molecule has 1 unspecified atom stereocenters. The van der Waals surface area contributed by atoms with Crippen LogP contribution in [0.2, 0.25) is 0 Å². The molecule has 0 aromatic heterocycles. The van der Waals surface area contributed by atoms with Gasteiger partial charge in [-0.15, -0.1) is 0 Å². The van der Waals surface area contributed by atoms with Gasteiger partial charge < -0.3 is 10.2 Å². The van der Waals surface area contributed by atoms with Gasteiger partial charge in [0.25, 0.3) is 0 Å². The quantitative estimate of drug-likeness (QED) is 0.645. The van der Waals surface area contributed by atoms with Gasteiger partial charge in [-0.25, -0.2) is 8.42 Å². The van der Waals surface area contributed by atoms with Crippen molar-refractivity contribution in [1.82, 2.24) is 4.72 Å². The molecular weight excluding hydrogens is 410 g/mol. The van der Waals surface area contributed by atoms with Crippen LogP contribution < -0.4 is 14.9 Å². The average Bonchev–Trinajstić information content (AvgIpc) is 3.27. The Morgan fingerprint density at radius 1 is 1.06 bits per heavy atom. The topological polar surface area (TPSA) is 78.5 Å². The lowest BCUT2D eigenvalue weighted by molar-refractivity contribution is -0.118. The first-order valence-corrected chi connectivity index (χ1v) is 12.2. The van der Waals surface area contributed by atoms with Crippen molar-refractivity contribution in [3.63, 3.8) is 0 Å². The predicted octanol–water partition coefficient (Wildman–Crippen LogP) is 4.15. The summed E-state index contributed by atoms with van der Waals surface area (Å²) in [5.74, 6) is -0.590. The molecule has 2 aromatic rings. The third kappa shape index (κ3) is 6.42. The lowest BCUT2D eigenvalue weighted by Crippen LogP contribution is -2.46. The smallest absolute Gasteiger partial charge is 0.242 e. The Balaban J connectivity index is 1.69. The predicted molar refractivity (Wildman–Crippen MR) is 127 cm³/mol. The summed E-state index contributed by atoms with van der Waals surface area (Å²) in [4.78, 5) is 15.3. The van der Waals surface area contributed by atoms with Gasteiger partial charge in [-0.3, -0.25) is 4.79 Å². The van der Waals surface area contributed by atoms with Crippen LogP contribution in [0.5, 0.6) is 0 Å². The van der Waals surface area contributed by atoms with Gasteiger partial charge >= 0.3 is 0 Å². The molecule has 1 aliphatic rings. The minimum atomic E-state index is -3.79. The first kappa shape index (κ1) is 23.0. The van der Waals surface area contributed by atoms with Crippen molar-refractivity contribution in [2.45, 2.75) is 39.7 Å².